The predicted molar refractivity (Wildman–Crippen MR) is 114 cm³/mol. The van der Waals surface area contributed by atoms with Crippen molar-refractivity contribution < 1.29 is 9.90 Å². The molecule has 1 aromatic carbocycles. The summed E-state index contributed by atoms with van der Waals surface area (Å²) in [5, 5.41) is 16.7. The van der Waals surface area contributed by atoms with Crippen LogP contribution in [0, 0.1) is 0 Å². The fourth-order valence-corrected chi connectivity index (χ4v) is 3.41. The highest BCUT2D eigenvalue weighted by Gasteiger charge is 2.26. The van der Waals surface area contributed by atoms with Crippen molar-refractivity contribution in [2.24, 2.45) is 5.10 Å². The van der Waals surface area contributed by atoms with Gasteiger partial charge in [0.15, 0.2) is 0 Å². The fourth-order valence-electron chi connectivity index (χ4n) is 2.83. The van der Waals surface area contributed by atoms with Crippen molar-refractivity contribution >= 4 is 23.5 Å². The third kappa shape index (κ3) is 5.93. The molecule has 0 aliphatic heterocycles. The zero-order valence-corrected chi connectivity index (χ0v) is 17.9. The molecule has 0 radical (unpaired) electrons. The van der Waals surface area contributed by atoms with Crippen molar-refractivity contribution in [1.82, 2.24) is 5.43 Å². The van der Waals surface area contributed by atoms with E-state index in [4.69, 9.17) is 0 Å². The topological polar surface area (TPSA) is 61.7 Å². The van der Waals surface area contributed by atoms with E-state index in [0.717, 1.165) is 21.6 Å². The minimum atomic E-state index is -0.173. The second-order valence-electron chi connectivity index (χ2n) is 8.85. The average Bonchev–Trinajstić information content (AvgIpc) is 3.05. The Morgan fingerprint density at radius 1 is 1.15 bits per heavy atom. The van der Waals surface area contributed by atoms with E-state index >= 15 is 0 Å². The number of nitrogens with one attached hydrogen (secondary N) is 1. The molecule has 4 nitrogen and oxygen atoms in total. The summed E-state index contributed by atoms with van der Waals surface area (Å²) >= 11 is 1.57. The lowest BCUT2D eigenvalue weighted by Gasteiger charge is -2.28. The highest BCUT2D eigenvalue weighted by atomic mass is 32.1. The highest BCUT2D eigenvalue weighted by molar-refractivity contribution is 7.11. The van der Waals surface area contributed by atoms with Crippen LogP contribution in [-0.4, -0.2) is 17.2 Å². The van der Waals surface area contributed by atoms with Gasteiger partial charge in [-0.3, -0.25) is 4.79 Å². The minimum absolute atomic E-state index is 0.120. The largest absolute Gasteiger partial charge is 0.507 e. The van der Waals surface area contributed by atoms with E-state index in [-0.39, 0.29) is 16.7 Å². The summed E-state index contributed by atoms with van der Waals surface area (Å²) in [7, 11) is 0. The summed E-state index contributed by atoms with van der Waals surface area (Å²) in [6, 6.07) is 7.93. The lowest BCUT2D eigenvalue weighted by atomic mass is 9.78. The van der Waals surface area contributed by atoms with Gasteiger partial charge < -0.3 is 5.11 Å². The van der Waals surface area contributed by atoms with E-state index in [1.165, 1.54) is 0 Å². The second-order valence-corrected chi connectivity index (χ2v) is 9.83. The number of carbonyl (C=O) groups is 1. The molecule has 0 fully saturated rings. The summed E-state index contributed by atoms with van der Waals surface area (Å²) in [6.45, 7) is 12.5. The number of phenols is 1. The molecule has 1 aromatic heterocycles. The number of hydrogen-bond acceptors (Lipinski definition) is 4. The van der Waals surface area contributed by atoms with Crippen LogP contribution in [0.2, 0.25) is 0 Å². The monoisotopic (exact) mass is 386 g/mol. The van der Waals surface area contributed by atoms with E-state index in [2.05, 4.69) is 52.1 Å². The normalized spacial score (nSPS) is 12.5. The van der Waals surface area contributed by atoms with Crippen molar-refractivity contribution in [2.75, 3.05) is 0 Å². The standard InChI is InChI=1S/C22H30N2O2S/c1-21(2,3)17-12-15(13-18(20(17)26)22(4,5)6)9-10-19(25)24-23-14-16-8-7-11-27-16/h7-8,11-14,26H,9-10H2,1-6H3,(H,24,25)/b23-14+. The molecular formula is C22H30N2O2S. The molecule has 2 rings (SSSR count). The molecule has 0 unspecified atom stereocenters. The smallest absolute Gasteiger partial charge is 0.240 e. The Bertz CT molecular complexity index is 775. The lowest BCUT2D eigenvalue weighted by Crippen LogP contribution is -2.20. The number of aromatic hydroxyl groups is 1. The fraction of sp³-hybridized carbons (Fsp3) is 0.455. The second kappa shape index (κ2) is 8.26. The molecule has 146 valence electrons. The molecule has 0 spiro atoms. The highest BCUT2D eigenvalue weighted by Crippen LogP contribution is 2.39. The van der Waals surface area contributed by atoms with E-state index < -0.39 is 0 Å². The molecule has 0 bridgehead atoms. The molecule has 0 aliphatic carbocycles. The number of phenolic OH excluding ortho intramolecular Hbond substituents is 1. The molecular weight excluding hydrogens is 356 g/mol. The van der Waals surface area contributed by atoms with Gasteiger partial charge in [-0.2, -0.15) is 5.10 Å². The maximum absolute atomic E-state index is 12.1. The van der Waals surface area contributed by atoms with Crippen LogP contribution in [0.4, 0.5) is 0 Å². The number of nitrogens with zero attached hydrogens (tertiary/aromatic N) is 1. The first kappa shape index (κ1) is 21.2. The first-order valence-corrected chi connectivity index (χ1v) is 10.1. The molecule has 0 aliphatic rings. The van der Waals surface area contributed by atoms with Crippen LogP contribution >= 0.6 is 11.3 Å². The van der Waals surface area contributed by atoms with Crippen molar-refractivity contribution in [3.63, 3.8) is 0 Å². The zero-order valence-electron chi connectivity index (χ0n) is 17.1. The number of hydrazone groups is 1. The van der Waals surface area contributed by atoms with Gasteiger partial charge in [0, 0.05) is 11.3 Å². The predicted octanol–water partition coefficient (Wildman–Crippen LogP) is 5.13. The van der Waals surface area contributed by atoms with Crippen LogP contribution in [-0.2, 0) is 22.0 Å². The van der Waals surface area contributed by atoms with Gasteiger partial charge in [0.25, 0.3) is 0 Å². The van der Waals surface area contributed by atoms with Gasteiger partial charge in [-0.05, 0) is 45.4 Å². The van der Waals surface area contributed by atoms with Crippen LogP contribution in [0.1, 0.15) is 69.5 Å². The Kier molecular flexibility index (Phi) is 6.47. The van der Waals surface area contributed by atoms with Gasteiger partial charge in [-0.1, -0.05) is 59.7 Å². The van der Waals surface area contributed by atoms with Crippen molar-refractivity contribution in [2.45, 2.75) is 65.2 Å². The van der Waals surface area contributed by atoms with Crippen LogP contribution in [0.5, 0.6) is 5.75 Å². The van der Waals surface area contributed by atoms with Gasteiger partial charge in [-0.15, -0.1) is 11.3 Å². The van der Waals surface area contributed by atoms with Crippen molar-refractivity contribution in [3.05, 3.63) is 51.2 Å². The Hall–Kier alpha value is -2.14. The third-order valence-corrected chi connectivity index (χ3v) is 5.16. The minimum Gasteiger partial charge on any atom is -0.507 e. The molecule has 1 heterocycles. The van der Waals surface area contributed by atoms with Crippen LogP contribution in [0.15, 0.2) is 34.7 Å². The molecule has 0 saturated heterocycles. The molecule has 5 heteroatoms. The summed E-state index contributed by atoms with van der Waals surface area (Å²) in [5.74, 6) is 0.245. The molecule has 1 amide bonds. The molecule has 27 heavy (non-hydrogen) atoms. The summed E-state index contributed by atoms with van der Waals surface area (Å²) in [6.07, 6.45) is 2.60. The summed E-state index contributed by atoms with van der Waals surface area (Å²) < 4.78 is 0. The molecule has 0 atom stereocenters. The quantitative estimate of drug-likeness (QED) is 0.553. The Labute approximate surface area is 166 Å². The number of rotatable bonds is 5. The Balaban J connectivity index is 2.12. The number of aryl methyl sites for hydroxylation is 1. The maximum Gasteiger partial charge on any atom is 0.240 e. The molecule has 2 aromatic rings. The number of amides is 1. The molecule has 0 saturated carbocycles. The van der Waals surface area contributed by atoms with Crippen LogP contribution in [0.25, 0.3) is 0 Å². The van der Waals surface area contributed by atoms with Crippen molar-refractivity contribution in [1.29, 1.82) is 0 Å². The van der Waals surface area contributed by atoms with Crippen molar-refractivity contribution in [3.8, 4) is 5.75 Å². The van der Waals surface area contributed by atoms with E-state index in [0.29, 0.717) is 18.6 Å². The van der Waals surface area contributed by atoms with Gasteiger partial charge in [0.05, 0.1) is 6.21 Å². The number of hydrogen-bond donors (Lipinski definition) is 2. The van der Waals surface area contributed by atoms with E-state index in [1.54, 1.807) is 17.6 Å². The first-order valence-electron chi connectivity index (χ1n) is 9.21. The Morgan fingerprint density at radius 2 is 1.74 bits per heavy atom. The van der Waals surface area contributed by atoms with Gasteiger partial charge in [-0.25, -0.2) is 5.43 Å². The lowest BCUT2D eigenvalue weighted by molar-refractivity contribution is -0.121. The first-order chi connectivity index (χ1) is 12.5. The van der Waals surface area contributed by atoms with Crippen LogP contribution < -0.4 is 5.43 Å². The molecule has 2 N–H and O–H groups in total. The van der Waals surface area contributed by atoms with E-state index in [1.807, 2.05) is 29.6 Å². The van der Waals surface area contributed by atoms with E-state index in [9.17, 15) is 9.90 Å². The zero-order chi connectivity index (χ0) is 20.2. The average molecular weight is 387 g/mol. The number of carbonyl (C=O) groups excluding carboxylic acids is 1. The summed E-state index contributed by atoms with van der Waals surface area (Å²) in [4.78, 5) is 13.1. The number of benzene rings is 1. The number of thiophene rings is 1. The summed E-state index contributed by atoms with van der Waals surface area (Å²) in [5.41, 5.74) is 5.12. The van der Waals surface area contributed by atoms with Gasteiger partial charge in [0.2, 0.25) is 5.91 Å². The third-order valence-electron chi connectivity index (χ3n) is 4.35. The SMILES string of the molecule is CC(C)(C)c1cc(CCC(=O)N/N=C/c2cccs2)cc(C(C)(C)C)c1O. The maximum atomic E-state index is 12.1. The van der Waals surface area contributed by atoms with Crippen LogP contribution in [0.3, 0.4) is 0 Å². The van der Waals surface area contributed by atoms with Gasteiger partial charge in [0.1, 0.15) is 5.75 Å². The Morgan fingerprint density at radius 3 is 2.22 bits per heavy atom. The van der Waals surface area contributed by atoms with Gasteiger partial charge >= 0.3 is 0 Å².